The molecule has 7 heteroatoms. The Morgan fingerprint density at radius 3 is 2.27 bits per heavy atom. The van der Waals surface area contributed by atoms with E-state index >= 15 is 0 Å². The first-order valence-corrected chi connectivity index (χ1v) is 8.92. The van der Waals surface area contributed by atoms with Crippen LogP contribution >= 0.6 is 15.0 Å². The molecule has 0 aromatic carbocycles. The smallest absolute Gasteiger partial charge is 0.333 e. The Morgan fingerprint density at radius 2 is 1.87 bits per heavy atom. The molecule has 0 saturated carbocycles. The lowest BCUT2D eigenvalue weighted by atomic mass is 10.3. The standard InChI is InChI=1S/C8H18O5P2/c1-8(5-6-9)7-12-15(4,11)13-14(2,3)10/h5,9H,6-7H2,1-4H3/b8-5+. The number of hydrogen-bond donors (Lipinski definition) is 1. The fourth-order valence-electron chi connectivity index (χ4n) is 0.815. The van der Waals surface area contributed by atoms with Gasteiger partial charge in [-0.05, 0) is 12.5 Å². The van der Waals surface area contributed by atoms with Crippen molar-refractivity contribution in [3.05, 3.63) is 11.6 Å². The Kier molecular flexibility index (Phi) is 6.01. The average molecular weight is 256 g/mol. The van der Waals surface area contributed by atoms with Crippen molar-refractivity contribution in [2.75, 3.05) is 33.2 Å². The molecular formula is C8H18O5P2. The third-order valence-electron chi connectivity index (χ3n) is 1.31. The predicted molar refractivity (Wildman–Crippen MR) is 60.9 cm³/mol. The first-order valence-electron chi connectivity index (χ1n) is 4.41. The van der Waals surface area contributed by atoms with Crippen LogP contribution in [0.1, 0.15) is 6.92 Å². The second-order valence-electron chi connectivity index (χ2n) is 3.61. The summed E-state index contributed by atoms with van der Waals surface area (Å²) in [5.41, 5.74) is 0.741. The van der Waals surface area contributed by atoms with Crippen molar-refractivity contribution in [1.29, 1.82) is 0 Å². The van der Waals surface area contributed by atoms with Gasteiger partial charge in [0.15, 0.2) is 0 Å². The van der Waals surface area contributed by atoms with Crippen LogP contribution in [0.5, 0.6) is 0 Å². The van der Waals surface area contributed by atoms with E-state index in [1.165, 1.54) is 26.1 Å². The van der Waals surface area contributed by atoms with Crippen LogP contribution in [-0.2, 0) is 18.0 Å². The summed E-state index contributed by atoms with van der Waals surface area (Å²) in [4.78, 5) is 0. The van der Waals surface area contributed by atoms with Crippen molar-refractivity contribution in [2.24, 2.45) is 0 Å². The van der Waals surface area contributed by atoms with Crippen LogP contribution in [0.4, 0.5) is 0 Å². The van der Waals surface area contributed by atoms with E-state index < -0.39 is 15.0 Å². The van der Waals surface area contributed by atoms with E-state index in [-0.39, 0.29) is 13.2 Å². The molecule has 0 heterocycles. The molecular weight excluding hydrogens is 238 g/mol. The fraction of sp³-hybridized carbons (Fsp3) is 0.750. The molecule has 1 atom stereocenters. The van der Waals surface area contributed by atoms with Gasteiger partial charge in [0.05, 0.1) is 13.2 Å². The normalized spacial score (nSPS) is 17.5. The Hall–Kier alpha value is 0.0800. The van der Waals surface area contributed by atoms with Gasteiger partial charge in [0.1, 0.15) is 0 Å². The molecule has 0 saturated heterocycles. The molecule has 0 amide bonds. The van der Waals surface area contributed by atoms with Crippen molar-refractivity contribution in [3.63, 3.8) is 0 Å². The zero-order chi connectivity index (χ0) is 12.1. The highest BCUT2D eigenvalue weighted by Gasteiger charge is 2.24. The summed E-state index contributed by atoms with van der Waals surface area (Å²) < 4.78 is 32.8. The molecule has 90 valence electrons. The molecule has 0 spiro atoms. The lowest BCUT2D eigenvalue weighted by Crippen LogP contribution is -1.97. The lowest BCUT2D eigenvalue weighted by Gasteiger charge is -2.16. The van der Waals surface area contributed by atoms with Crippen molar-refractivity contribution >= 4 is 15.0 Å². The first-order chi connectivity index (χ1) is 6.66. The first kappa shape index (κ1) is 15.1. The van der Waals surface area contributed by atoms with E-state index in [9.17, 15) is 9.13 Å². The quantitative estimate of drug-likeness (QED) is 0.583. The second-order valence-corrected chi connectivity index (χ2v) is 8.57. The highest BCUT2D eigenvalue weighted by molar-refractivity contribution is 7.68. The SMILES string of the molecule is C/C(=C\CO)COP(C)(=O)OP(C)(C)=O. The van der Waals surface area contributed by atoms with Crippen molar-refractivity contribution in [1.82, 2.24) is 0 Å². The Morgan fingerprint density at radius 1 is 1.33 bits per heavy atom. The topological polar surface area (TPSA) is 72.8 Å². The molecule has 15 heavy (non-hydrogen) atoms. The zero-order valence-corrected chi connectivity index (χ0v) is 11.3. The number of aliphatic hydroxyl groups excluding tert-OH is 1. The van der Waals surface area contributed by atoms with Crippen molar-refractivity contribution < 1.29 is 23.1 Å². The van der Waals surface area contributed by atoms with Gasteiger partial charge in [0.25, 0.3) is 0 Å². The molecule has 1 unspecified atom stereocenters. The molecule has 0 aliphatic rings. The Labute approximate surface area is 90.5 Å². The summed E-state index contributed by atoms with van der Waals surface area (Å²) >= 11 is 0. The number of rotatable bonds is 6. The van der Waals surface area contributed by atoms with Gasteiger partial charge in [-0.15, -0.1) is 0 Å². The van der Waals surface area contributed by atoms with E-state index in [2.05, 4.69) is 0 Å². The van der Waals surface area contributed by atoms with Crippen LogP contribution < -0.4 is 0 Å². The van der Waals surface area contributed by atoms with E-state index in [4.69, 9.17) is 13.9 Å². The number of hydrogen-bond acceptors (Lipinski definition) is 5. The van der Waals surface area contributed by atoms with Gasteiger partial charge in [0, 0.05) is 20.0 Å². The third kappa shape index (κ3) is 9.04. The van der Waals surface area contributed by atoms with E-state index in [1.807, 2.05) is 0 Å². The molecule has 0 aliphatic heterocycles. The van der Waals surface area contributed by atoms with E-state index in [0.29, 0.717) is 0 Å². The number of aliphatic hydroxyl groups is 1. The van der Waals surface area contributed by atoms with Gasteiger partial charge >= 0.3 is 7.60 Å². The van der Waals surface area contributed by atoms with E-state index in [1.54, 1.807) is 6.92 Å². The Balaban J connectivity index is 4.23. The largest absolute Gasteiger partial charge is 0.392 e. The monoisotopic (exact) mass is 256 g/mol. The third-order valence-corrected chi connectivity index (χ3v) is 4.67. The summed E-state index contributed by atoms with van der Waals surface area (Å²) in [6.45, 7) is 5.76. The van der Waals surface area contributed by atoms with Gasteiger partial charge in [0.2, 0.25) is 7.37 Å². The van der Waals surface area contributed by atoms with Crippen LogP contribution in [0.25, 0.3) is 0 Å². The molecule has 0 bridgehead atoms. The van der Waals surface area contributed by atoms with Crippen LogP contribution in [-0.4, -0.2) is 38.3 Å². The maximum atomic E-state index is 11.6. The van der Waals surface area contributed by atoms with Gasteiger partial charge in [-0.3, -0.25) is 13.4 Å². The predicted octanol–water partition coefficient (Wildman–Crippen LogP) is 2.32. The maximum absolute atomic E-state index is 11.6. The van der Waals surface area contributed by atoms with Crippen LogP contribution in [0.3, 0.4) is 0 Å². The van der Waals surface area contributed by atoms with Gasteiger partial charge in [-0.1, -0.05) is 6.08 Å². The van der Waals surface area contributed by atoms with Crippen LogP contribution in [0, 0.1) is 0 Å². The van der Waals surface area contributed by atoms with Crippen molar-refractivity contribution in [3.8, 4) is 0 Å². The maximum Gasteiger partial charge on any atom is 0.333 e. The molecule has 0 aromatic rings. The minimum Gasteiger partial charge on any atom is -0.392 e. The summed E-state index contributed by atoms with van der Waals surface area (Å²) in [6, 6.07) is 0. The summed E-state index contributed by atoms with van der Waals surface area (Å²) in [7, 11) is -6.10. The summed E-state index contributed by atoms with van der Waals surface area (Å²) in [5, 5.41) is 8.58. The molecule has 0 aliphatic carbocycles. The van der Waals surface area contributed by atoms with Gasteiger partial charge < -0.3 is 9.63 Å². The van der Waals surface area contributed by atoms with Crippen molar-refractivity contribution in [2.45, 2.75) is 6.92 Å². The minimum absolute atomic E-state index is 0.0916. The Bertz CT molecular complexity index is 317. The average Bonchev–Trinajstić information content (AvgIpc) is 1.97. The van der Waals surface area contributed by atoms with Crippen LogP contribution in [0.15, 0.2) is 11.6 Å². The van der Waals surface area contributed by atoms with Crippen LogP contribution in [0.2, 0.25) is 0 Å². The highest BCUT2D eigenvalue weighted by atomic mass is 31.3. The summed E-state index contributed by atoms with van der Waals surface area (Å²) in [5.74, 6) is 0. The molecule has 0 aromatic heterocycles. The molecule has 5 nitrogen and oxygen atoms in total. The van der Waals surface area contributed by atoms with Gasteiger partial charge in [-0.2, -0.15) is 0 Å². The van der Waals surface area contributed by atoms with E-state index in [0.717, 1.165) is 5.57 Å². The molecule has 0 fully saturated rings. The minimum atomic E-state index is -3.28. The summed E-state index contributed by atoms with van der Waals surface area (Å²) in [6.07, 6.45) is 1.54. The highest BCUT2D eigenvalue weighted by Crippen LogP contribution is 2.58. The lowest BCUT2D eigenvalue weighted by molar-refractivity contribution is 0.290. The molecule has 0 radical (unpaired) electrons. The van der Waals surface area contributed by atoms with Gasteiger partial charge in [-0.25, -0.2) is 0 Å². The molecule has 1 N–H and O–H groups in total. The fourth-order valence-corrected chi connectivity index (χ4v) is 4.30. The zero-order valence-electron chi connectivity index (χ0n) is 9.47. The molecule has 0 rings (SSSR count). The second kappa shape index (κ2) is 5.97.